The van der Waals surface area contributed by atoms with Gasteiger partial charge in [0.1, 0.15) is 5.75 Å². The summed E-state index contributed by atoms with van der Waals surface area (Å²) in [7, 11) is -3.48. The van der Waals surface area contributed by atoms with Crippen LogP contribution < -0.4 is 9.46 Å². The van der Waals surface area contributed by atoms with Gasteiger partial charge >= 0.3 is 0 Å². The first kappa shape index (κ1) is 16.5. The maximum absolute atomic E-state index is 12.2. The number of hydrogen-bond donors (Lipinski definition) is 1. The van der Waals surface area contributed by atoms with Crippen LogP contribution in [0.1, 0.15) is 19.4 Å². The van der Waals surface area contributed by atoms with E-state index in [0.717, 1.165) is 5.56 Å². The van der Waals surface area contributed by atoms with E-state index in [9.17, 15) is 8.42 Å². The summed E-state index contributed by atoms with van der Waals surface area (Å²) in [6.07, 6.45) is 0.723. The maximum Gasteiger partial charge on any atom is 0.240 e. The fourth-order valence-corrected chi connectivity index (χ4v) is 3.06. The lowest BCUT2D eigenvalue weighted by atomic mass is 10.2. The van der Waals surface area contributed by atoms with E-state index in [2.05, 4.69) is 4.72 Å². The standard InChI is InChI=1S/C17H21NO3S/c1-14(2)21-16-8-10-17(11-9-16)22(19,20)18-13-12-15-6-4-3-5-7-15/h3-11,14,18H,12-13H2,1-2H3. The van der Waals surface area contributed by atoms with Crippen LogP contribution in [0.4, 0.5) is 0 Å². The van der Waals surface area contributed by atoms with Crippen LogP contribution in [0, 0.1) is 0 Å². The van der Waals surface area contributed by atoms with Gasteiger partial charge in [-0.05, 0) is 50.1 Å². The van der Waals surface area contributed by atoms with E-state index in [4.69, 9.17) is 4.74 Å². The van der Waals surface area contributed by atoms with Crippen molar-refractivity contribution in [2.75, 3.05) is 6.54 Å². The van der Waals surface area contributed by atoms with Gasteiger partial charge in [-0.15, -0.1) is 0 Å². The van der Waals surface area contributed by atoms with Gasteiger partial charge < -0.3 is 4.74 Å². The fourth-order valence-electron chi connectivity index (χ4n) is 2.03. The zero-order valence-corrected chi connectivity index (χ0v) is 13.6. The van der Waals surface area contributed by atoms with E-state index in [1.54, 1.807) is 24.3 Å². The van der Waals surface area contributed by atoms with Gasteiger partial charge in [-0.25, -0.2) is 13.1 Å². The monoisotopic (exact) mass is 319 g/mol. The lowest BCUT2D eigenvalue weighted by molar-refractivity contribution is 0.242. The topological polar surface area (TPSA) is 55.4 Å². The molecule has 1 N–H and O–H groups in total. The Morgan fingerprint density at radius 3 is 2.23 bits per heavy atom. The summed E-state index contributed by atoms with van der Waals surface area (Å²) in [5.41, 5.74) is 1.10. The van der Waals surface area contributed by atoms with Crippen molar-refractivity contribution >= 4 is 10.0 Å². The number of rotatable bonds is 7. The highest BCUT2D eigenvalue weighted by molar-refractivity contribution is 7.89. The second-order valence-corrected chi connectivity index (χ2v) is 7.04. The van der Waals surface area contributed by atoms with Gasteiger partial charge in [0.05, 0.1) is 11.0 Å². The van der Waals surface area contributed by atoms with Crippen molar-refractivity contribution in [1.82, 2.24) is 4.72 Å². The molecule has 118 valence electrons. The van der Waals surface area contributed by atoms with Gasteiger partial charge in [-0.1, -0.05) is 30.3 Å². The van der Waals surface area contributed by atoms with Crippen LogP contribution in [0.3, 0.4) is 0 Å². The number of nitrogens with one attached hydrogen (secondary N) is 1. The van der Waals surface area contributed by atoms with E-state index in [1.165, 1.54) is 0 Å². The molecule has 0 unspecified atom stereocenters. The number of ether oxygens (including phenoxy) is 1. The first-order chi connectivity index (χ1) is 10.5. The van der Waals surface area contributed by atoms with Crippen LogP contribution in [0.25, 0.3) is 0 Å². The van der Waals surface area contributed by atoms with Crippen molar-refractivity contribution in [3.8, 4) is 5.75 Å². The molecule has 0 fully saturated rings. The highest BCUT2D eigenvalue weighted by Crippen LogP contribution is 2.17. The molecule has 0 saturated carbocycles. The van der Waals surface area contributed by atoms with Crippen molar-refractivity contribution in [2.45, 2.75) is 31.3 Å². The van der Waals surface area contributed by atoms with Crippen molar-refractivity contribution < 1.29 is 13.2 Å². The third-order valence-corrected chi connectivity index (χ3v) is 4.53. The van der Waals surface area contributed by atoms with Gasteiger partial charge in [0, 0.05) is 6.54 Å². The third kappa shape index (κ3) is 4.86. The Labute approximate surface area is 132 Å². The lowest BCUT2D eigenvalue weighted by Crippen LogP contribution is -2.26. The number of hydrogen-bond acceptors (Lipinski definition) is 3. The van der Waals surface area contributed by atoms with Crippen LogP contribution in [-0.2, 0) is 16.4 Å². The quantitative estimate of drug-likeness (QED) is 0.853. The molecule has 0 bridgehead atoms. The Morgan fingerprint density at radius 1 is 1.00 bits per heavy atom. The Balaban J connectivity index is 1.95. The van der Waals surface area contributed by atoms with Gasteiger partial charge in [0.15, 0.2) is 0 Å². The summed E-state index contributed by atoms with van der Waals surface area (Å²) in [6.45, 7) is 4.22. The Hall–Kier alpha value is -1.85. The first-order valence-electron chi connectivity index (χ1n) is 7.28. The second-order valence-electron chi connectivity index (χ2n) is 5.27. The molecule has 0 spiro atoms. The SMILES string of the molecule is CC(C)Oc1ccc(S(=O)(=O)NCCc2ccccc2)cc1. The van der Waals surface area contributed by atoms with Crippen molar-refractivity contribution in [1.29, 1.82) is 0 Å². The van der Waals surface area contributed by atoms with E-state index in [0.29, 0.717) is 18.7 Å². The highest BCUT2D eigenvalue weighted by atomic mass is 32.2. The first-order valence-corrected chi connectivity index (χ1v) is 8.76. The normalized spacial score (nSPS) is 11.6. The van der Waals surface area contributed by atoms with Crippen molar-refractivity contribution in [2.24, 2.45) is 0 Å². The molecule has 0 aliphatic carbocycles. The van der Waals surface area contributed by atoms with Crippen LogP contribution in [0.2, 0.25) is 0 Å². The molecule has 2 aromatic carbocycles. The van der Waals surface area contributed by atoms with Gasteiger partial charge in [0.25, 0.3) is 0 Å². The van der Waals surface area contributed by atoms with Crippen molar-refractivity contribution in [3.05, 3.63) is 60.2 Å². The number of sulfonamides is 1. The molecule has 0 aliphatic rings. The minimum atomic E-state index is -3.48. The molecule has 0 aromatic heterocycles. The van der Waals surface area contributed by atoms with Crippen LogP contribution in [0.15, 0.2) is 59.5 Å². The van der Waals surface area contributed by atoms with Gasteiger partial charge in [0.2, 0.25) is 10.0 Å². The molecule has 0 radical (unpaired) electrons. The largest absolute Gasteiger partial charge is 0.491 e. The van der Waals surface area contributed by atoms with Gasteiger partial charge in [-0.2, -0.15) is 0 Å². The zero-order valence-electron chi connectivity index (χ0n) is 12.8. The molecule has 2 aromatic rings. The highest BCUT2D eigenvalue weighted by Gasteiger charge is 2.13. The summed E-state index contributed by atoms with van der Waals surface area (Å²) < 4.78 is 32.5. The van der Waals surface area contributed by atoms with E-state index in [1.807, 2.05) is 44.2 Å². The summed E-state index contributed by atoms with van der Waals surface area (Å²) >= 11 is 0. The van der Waals surface area contributed by atoms with Gasteiger partial charge in [-0.3, -0.25) is 0 Å². The Bertz CT molecular complexity index is 680. The molecule has 0 atom stereocenters. The van der Waals surface area contributed by atoms with Crippen molar-refractivity contribution in [3.63, 3.8) is 0 Å². The minimum Gasteiger partial charge on any atom is -0.491 e. The van der Waals surface area contributed by atoms with Crippen LogP contribution in [0.5, 0.6) is 5.75 Å². The molecule has 22 heavy (non-hydrogen) atoms. The molecule has 0 heterocycles. The van der Waals surface area contributed by atoms with E-state index < -0.39 is 10.0 Å². The molecule has 0 amide bonds. The average Bonchev–Trinajstić information content (AvgIpc) is 2.48. The summed E-state index contributed by atoms with van der Waals surface area (Å²) in [6, 6.07) is 16.2. The Kier molecular flexibility index (Phi) is 5.57. The number of benzene rings is 2. The minimum absolute atomic E-state index is 0.0615. The third-order valence-electron chi connectivity index (χ3n) is 3.05. The molecule has 2 rings (SSSR count). The smallest absolute Gasteiger partial charge is 0.240 e. The molecular formula is C17H21NO3S. The van der Waals surface area contributed by atoms with Crippen LogP contribution in [-0.4, -0.2) is 21.1 Å². The predicted octanol–water partition coefficient (Wildman–Crippen LogP) is 2.99. The average molecular weight is 319 g/mol. The molecule has 5 heteroatoms. The summed E-state index contributed by atoms with van der Waals surface area (Å²) in [5.74, 6) is 0.665. The van der Waals surface area contributed by atoms with E-state index >= 15 is 0 Å². The van der Waals surface area contributed by atoms with E-state index in [-0.39, 0.29) is 11.0 Å². The predicted molar refractivity (Wildman–Crippen MR) is 87.5 cm³/mol. The lowest BCUT2D eigenvalue weighted by Gasteiger charge is -2.11. The Morgan fingerprint density at radius 2 is 1.64 bits per heavy atom. The molecular weight excluding hydrogens is 298 g/mol. The zero-order chi connectivity index (χ0) is 16.0. The summed E-state index contributed by atoms with van der Waals surface area (Å²) in [5, 5.41) is 0. The molecule has 4 nitrogen and oxygen atoms in total. The molecule has 0 aliphatic heterocycles. The van der Waals surface area contributed by atoms with Crippen LogP contribution >= 0.6 is 0 Å². The molecule has 0 saturated heterocycles. The maximum atomic E-state index is 12.2. The fraction of sp³-hybridized carbons (Fsp3) is 0.294. The second kappa shape index (κ2) is 7.42. The summed E-state index contributed by atoms with van der Waals surface area (Å²) in [4.78, 5) is 0.247.